The molecule has 0 bridgehead atoms. The van der Waals surface area contributed by atoms with E-state index in [9.17, 15) is 14.4 Å². The summed E-state index contributed by atoms with van der Waals surface area (Å²) >= 11 is 0. The van der Waals surface area contributed by atoms with Crippen molar-refractivity contribution in [3.63, 3.8) is 0 Å². The van der Waals surface area contributed by atoms with E-state index >= 15 is 0 Å². The minimum atomic E-state index is -0.882. The number of rotatable bonds is 8. The SMILES string of the molecule is COc1ccc(C(=O)N(CCc2c[nH]c3ccccc23)C2CC(=O)N(c3ccc(C(C)C)cc3)C2=O)cc1. The third-order valence-electron chi connectivity index (χ3n) is 7.21. The first-order valence-electron chi connectivity index (χ1n) is 12.8. The third kappa shape index (κ3) is 4.79. The van der Waals surface area contributed by atoms with Crippen molar-refractivity contribution in [3.05, 3.63) is 95.7 Å². The van der Waals surface area contributed by atoms with Crippen LogP contribution in [0.4, 0.5) is 5.69 Å². The Morgan fingerprint density at radius 1 is 1.03 bits per heavy atom. The number of hydrogen-bond acceptors (Lipinski definition) is 4. The topological polar surface area (TPSA) is 82.7 Å². The van der Waals surface area contributed by atoms with Gasteiger partial charge in [0.25, 0.3) is 11.8 Å². The Hall–Kier alpha value is -4.39. The molecule has 3 aromatic carbocycles. The molecule has 1 aliphatic rings. The average molecular weight is 510 g/mol. The maximum atomic E-state index is 13.8. The molecule has 2 heterocycles. The van der Waals surface area contributed by atoms with Gasteiger partial charge >= 0.3 is 0 Å². The summed E-state index contributed by atoms with van der Waals surface area (Å²) in [5.74, 6) is -0.0143. The molecule has 1 fully saturated rings. The Labute approximate surface area is 222 Å². The van der Waals surface area contributed by atoms with Gasteiger partial charge in [-0.25, -0.2) is 4.90 Å². The standard InChI is InChI=1S/C31H31N3O4/c1-20(2)21-8-12-24(13-9-21)34-29(35)18-28(31(34)37)33(30(36)22-10-14-25(38-3)15-11-22)17-16-23-19-32-27-7-5-4-6-26(23)27/h4-15,19-20,28,32H,16-18H2,1-3H3. The lowest BCUT2D eigenvalue weighted by Crippen LogP contribution is -2.46. The summed E-state index contributed by atoms with van der Waals surface area (Å²) in [7, 11) is 1.56. The monoisotopic (exact) mass is 509 g/mol. The number of carbonyl (C=O) groups excluding carboxylic acids is 3. The predicted molar refractivity (Wildman–Crippen MR) is 147 cm³/mol. The van der Waals surface area contributed by atoms with Crippen molar-refractivity contribution in [2.45, 2.75) is 38.6 Å². The molecule has 0 radical (unpaired) electrons. The van der Waals surface area contributed by atoms with E-state index in [0.29, 0.717) is 29.3 Å². The first-order chi connectivity index (χ1) is 18.4. The van der Waals surface area contributed by atoms with Gasteiger partial charge in [-0.15, -0.1) is 0 Å². The second-order valence-corrected chi connectivity index (χ2v) is 9.87. The highest BCUT2D eigenvalue weighted by Crippen LogP contribution is 2.29. The van der Waals surface area contributed by atoms with Gasteiger partial charge in [0.2, 0.25) is 5.91 Å². The number of nitrogens with one attached hydrogen (secondary N) is 1. The van der Waals surface area contributed by atoms with E-state index < -0.39 is 6.04 Å². The highest BCUT2D eigenvalue weighted by molar-refractivity contribution is 6.23. The maximum Gasteiger partial charge on any atom is 0.257 e. The second-order valence-electron chi connectivity index (χ2n) is 9.87. The van der Waals surface area contributed by atoms with Crippen LogP contribution in [0, 0.1) is 0 Å². The van der Waals surface area contributed by atoms with Crippen LogP contribution >= 0.6 is 0 Å². The first-order valence-corrected chi connectivity index (χ1v) is 12.8. The molecule has 0 spiro atoms. The number of H-pyrrole nitrogens is 1. The normalized spacial score (nSPS) is 15.5. The predicted octanol–water partition coefficient (Wildman–Crippen LogP) is 5.32. The van der Waals surface area contributed by atoms with E-state index in [1.807, 2.05) is 42.6 Å². The van der Waals surface area contributed by atoms with Gasteiger partial charge in [0, 0.05) is 29.2 Å². The maximum absolute atomic E-state index is 13.8. The number of aromatic nitrogens is 1. The number of benzene rings is 3. The molecule has 38 heavy (non-hydrogen) atoms. The number of ether oxygens (including phenoxy) is 1. The molecule has 7 heteroatoms. The Bertz CT molecular complexity index is 1470. The van der Waals surface area contributed by atoms with Gasteiger partial charge < -0.3 is 14.6 Å². The van der Waals surface area contributed by atoms with E-state index in [0.717, 1.165) is 22.0 Å². The van der Waals surface area contributed by atoms with Gasteiger partial charge in [-0.3, -0.25) is 14.4 Å². The van der Waals surface area contributed by atoms with Crippen LogP contribution < -0.4 is 9.64 Å². The summed E-state index contributed by atoms with van der Waals surface area (Å²) in [5.41, 5.74) is 4.15. The summed E-state index contributed by atoms with van der Waals surface area (Å²) in [4.78, 5) is 46.6. The van der Waals surface area contributed by atoms with Crippen LogP contribution in [-0.4, -0.2) is 47.3 Å². The molecule has 5 rings (SSSR count). The van der Waals surface area contributed by atoms with Gasteiger partial charge in [-0.1, -0.05) is 44.2 Å². The van der Waals surface area contributed by atoms with Gasteiger partial charge in [0.1, 0.15) is 11.8 Å². The van der Waals surface area contributed by atoms with Crippen molar-refractivity contribution in [2.24, 2.45) is 0 Å². The highest BCUT2D eigenvalue weighted by Gasteiger charge is 2.44. The molecular weight excluding hydrogens is 478 g/mol. The summed E-state index contributed by atoms with van der Waals surface area (Å²) < 4.78 is 5.23. The summed E-state index contributed by atoms with van der Waals surface area (Å²) in [6.07, 6.45) is 2.42. The number of anilines is 1. The number of amides is 3. The molecule has 1 aromatic heterocycles. The van der Waals surface area contributed by atoms with Gasteiger partial charge in [-0.2, -0.15) is 0 Å². The van der Waals surface area contributed by atoms with Gasteiger partial charge in [0.05, 0.1) is 19.2 Å². The Kier molecular flexibility index (Phi) is 7.01. The van der Waals surface area contributed by atoms with Crippen LogP contribution in [0.15, 0.2) is 79.0 Å². The number of hydrogen-bond donors (Lipinski definition) is 1. The van der Waals surface area contributed by atoms with Gasteiger partial charge in [0.15, 0.2) is 0 Å². The van der Waals surface area contributed by atoms with Crippen LogP contribution in [0.1, 0.15) is 47.7 Å². The molecule has 0 aliphatic carbocycles. The summed E-state index contributed by atoms with van der Waals surface area (Å²) in [6, 6.07) is 21.4. The molecule has 194 valence electrons. The molecular formula is C31H31N3O4. The van der Waals surface area contributed by atoms with Crippen LogP contribution in [0.3, 0.4) is 0 Å². The van der Waals surface area contributed by atoms with Crippen molar-refractivity contribution >= 4 is 34.3 Å². The summed E-state index contributed by atoms with van der Waals surface area (Å²) in [5, 5.41) is 1.07. The second kappa shape index (κ2) is 10.5. The average Bonchev–Trinajstić information content (AvgIpc) is 3.48. The fraction of sp³-hybridized carbons (Fsp3) is 0.258. The zero-order chi connectivity index (χ0) is 26.8. The quantitative estimate of drug-likeness (QED) is 0.326. The molecule has 1 saturated heterocycles. The fourth-order valence-corrected chi connectivity index (χ4v) is 5.02. The minimum absolute atomic E-state index is 0.0550. The molecule has 1 atom stereocenters. The number of aromatic amines is 1. The zero-order valence-electron chi connectivity index (χ0n) is 21.8. The number of nitrogens with zero attached hydrogens (tertiary/aromatic N) is 2. The molecule has 1 N–H and O–H groups in total. The molecule has 1 unspecified atom stereocenters. The van der Waals surface area contributed by atoms with Crippen LogP contribution in [0.25, 0.3) is 10.9 Å². The zero-order valence-corrected chi connectivity index (χ0v) is 21.8. The number of imide groups is 1. The molecule has 3 amide bonds. The van der Waals surface area contributed by atoms with Crippen LogP contribution in [0.5, 0.6) is 5.75 Å². The Morgan fingerprint density at radius 3 is 2.42 bits per heavy atom. The van der Waals surface area contributed by atoms with E-state index in [-0.39, 0.29) is 30.7 Å². The molecule has 0 saturated carbocycles. The van der Waals surface area contributed by atoms with Crippen molar-refractivity contribution in [1.82, 2.24) is 9.88 Å². The molecule has 1 aliphatic heterocycles. The fourth-order valence-electron chi connectivity index (χ4n) is 5.02. The smallest absolute Gasteiger partial charge is 0.257 e. The van der Waals surface area contributed by atoms with E-state index in [4.69, 9.17) is 4.74 Å². The van der Waals surface area contributed by atoms with Crippen molar-refractivity contribution in [2.75, 3.05) is 18.6 Å². The minimum Gasteiger partial charge on any atom is -0.497 e. The molecule has 7 nitrogen and oxygen atoms in total. The lowest BCUT2D eigenvalue weighted by atomic mass is 10.0. The number of fused-ring (bicyclic) bond motifs is 1. The van der Waals surface area contributed by atoms with Gasteiger partial charge in [-0.05, 0) is 65.9 Å². The molecule has 4 aromatic rings. The van der Waals surface area contributed by atoms with Crippen LogP contribution in [-0.2, 0) is 16.0 Å². The van der Waals surface area contributed by atoms with E-state index in [1.54, 1.807) is 48.4 Å². The number of methoxy groups -OCH3 is 1. The largest absolute Gasteiger partial charge is 0.497 e. The highest BCUT2D eigenvalue weighted by atomic mass is 16.5. The van der Waals surface area contributed by atoms with Crippen molar-refractivity contribution < 1.29 is 19.1 Å². The van der Waals surface area contributed by atoms with Crippen molar-refractivity contribution in [3.8, 4) is 5.75 Å². The lowest BCUT2D eigenvalue weighted by Gasteiger charge is -2.28. The Morgan fingerprint density at radius 2 is 1.74 bits per heavy atom. The summed E-state index contributed by atoms with van der Waals surface area (Å²) in [6.45, 7) is 4.47. The number of carbonyl (C=O) groups is 3. The Balaban J connectivity index is 1.44. The van der Waals surface area contributed by atoms with E-state index in [2.05, 4.69) is 18.8 Å². The third-order valence-corrected chi connectivity index (χ3v) is 7.21. The number of para-hydroxylation sites is 1. The van der Waals surface area contributed by atoms with Crippen molar-refractivity contribution in [1.29, 1.82) is 0 Å². The lowest BCUT2D eigenvalue weighted by molar-refractivity contribution is -0.122. The first kappa shape index (κ1) is 25.3. The van der Waals surface area contributed by atoms with E-state index in [1.165, 1.54) is 4.90 Å². The van der Waals surface area contributed by atoms with Crippen LogP contribution in [0.2, 0.25) is 0 Å².